The largest absolute Gasteiger partial charge is 0.388 e. The Morgan fingerprint density at radius 2 is 1.60 bits per heavy atom. The number of hydrogen-bond donors (Lipinski definition) is 1. The minimum Gasteiger partial charge on any atom is -0.388 e. The Morgan fingerprint density at radius 1 is 1.00 bits per heavy atom. The third-order valence-electron chi connectivity index (χ3n) is 3.53. The molecule has 2 aromatic carbocycles. The van der Waals surface area contributed by atoms with Crippen LogP contribution in [-0.2, 0) is 11.8 Å². The molecule has 2 heteroatoms. The molecule has 1 atom stereocenters. The van der Waals surface area contributed by atoms with Gasteiger partial charge in [-0.2, -0.15) is 0 Å². The van der Waals surface area contributed by atoms with E-state index in [1.807, 2.05) is 36.4 Å². The van der Waals surface area contributed by atoms with Crippen molar-refractivity contribution in [2.24, 2.45) is 0 Å². The van der Waals surface area contributed by atoms with E-state index in [0.717, 1.165) is 15.6 Å². The highest BCUT2D eigenvalue weighted by Gasteiger charge is 2.15. The van der Waals surface area contributed by atoms with Crippen LogP contribution in [0.4, 0.5) is 0 Å². The summed E-state index contributed by atoms with van der Waals surface area (Å²) in [4.78, 5) is 0. The molecule has 1 N–H and O–H groups in total. The molecule has 1 nitrogen and oxygen atoms in total. The van der Waals surface area contributed by atoms with E-state index in [1.165, 1.54) is 5.56 Å². The molecule has 0 amide bonds. The van der Waals surface area contributed by atoms with Gasteiger partial charge in [0.05, 0.1) is 6.10 Å². The van der Waals surface area contributed by atoms with Crippen molar-refractivity contribution in [2.75, 3.05) is 0 Å². The summed E-state index contributed by atoms with van der Waals surface area (Å²) < 4.78 is 1.05. The second kappa shape index (κ2) is 6.11. The summed E-state index contributed by atoms with van der Waals surface area (Å²) in [5.74, 6) is 0. The van der Waals surface area contributed by atoms with Crippen molar-refractivity contribution in [3.05, 3.63) is 69.7 Å². The summed E-state index contributed by atoms with van der Waals surface area (Å²) >= 11 is 3.52. The molecule has 0 fully saturated rings. The zero-order valence-corrected chi connectivity index (χ0v) is 13.8. The first-order valence-electron chi connectivity index (χ1n) is 6.90. The van der Waals surface area contributed by atoms with Gasteiger partial charge in [0.15, 0.2) is 0 Å². The first-order chi connectivity index (χ1) is 9.38. The lowest BCUT2D eigenvalue weighted by Crippen LogP contribution is -2.11. The number of hydrogen-bond acceptors (Lipinski definition) is 1. The predicted octanol–water partition coefficient (Wildman–Crippen LogP) is 5.02. The lowest BCUT2D eigenvalue weighted by molar-refractivity contribution is 0.178. The van der Waals surface area contributed by atoms with Gasteiger partial charge in [0.25, 0.3) is 0 Å². The van der Waals surface area contributed by atoms with E-state index in [4.69, 9.17) is 0 Å². The number of halogens is 1. The molecule has 2 rings (SSSR count). The maximum Gasteiger partial charge on any atom is 0.0830 e. The van der Waals surface area contributed by atoms with Crippen LogP contribution in [0.3, 0.4) is 0 Å². The minimum atomic E-state index is -0.470. The van der Waals surface area contributed by atoms with Crippen LogP contribution < -0.4 is 0 Å². The molecule has 0 heterocycles. The Labute approximate surface area is 129 Å². The monoisotopic (exact) mass is 332 g/mol. The zero-order chi connectivity index (χ0) is 14.8. The Bertz CT molecular complexity index is 567. The zero-order valence-electron chi connectivity index (χ0n) is 12.2. The van der Waals surface area contributed by atoms with Gasteiger partial charge < -0.3 is 5.11 Å². The van der Waals surface area contributed by atoms with Gasteiger partial charge in [0, 0.05) is 10.9 Å². The number of rotatable bonds is 3. The van der Waals surface area contributed by atoms with Gasteiger partial charge in [-0.25, -0.2) is 0 Å². The van der Waals surface area contributed by atoms with Crippen molar-refractivity contribution in [3.8, 4) is 0 Å². The van der Waals surface area contributed by atoms with Crippen molar-refractivity contribution in [1.82, 2.24) is 0 Å². The predicted molar refractivity (Wildman–Crippen MR) is 87.9 cm³/mol. The van der Waals surface area contributed by atoms with Crippen LogP contribution in [0.2, 0.25) is 0 Å². The van der Waals surface area contributed by atoms with Crippen LogP contribution >= 0.6 is 15.9 Å². The second-order valence-electron chi connectivity index (χ2n) is 6.18. The van der Waals surface area contributed by atoms with Gasteiger partial charge in [0.1, 0.15) is 0 Å². The molecular formula is C18H21BrO. The van der Waals surface area contributed by atoms with Gasteiger partial charge in [-0.05, 0) is 28.2 Å². The Hall–Kier alpha value is -1.12. The van der Waals surface area contributed by atoms with Crippen LogP contribution in [-0.4, -0.2) is 5.11 Å². The fraction of sp³-hybridized carbons (Fsp3) is 0.333. The summed E-state index contributed by atoms with van der Waals surface area (Å²) in [6.07, 6.45) is 0.152. The maximum atomic E-state index is 10.4. The summed E-state index contributed by atoms with van der Waals surface area (Å²) in [7, 11) is 0. The molecular weight excluding hydrogens is 312 g/mol. The summed E-state index contributed by atoms with van der Waals surface area (Å²) in [6.45, 7) is 6.58. The van der Waals surface area contributed by atoms with E-state index >= 15 is 0 Å². The van der Waals surface area contributed by atoms with Gasteiger partial charge >= 0.3 is 0 Å². The summed E-state index contributed by atoms with van der Waals surface area (Å²) in [5.41, 5.74) is 3.52. The lowest BCUT2D eigenvalue weighted by atomic mass is 9.86. The second-order valence-corrected chi connectivity index (χ2v) is 7.04. The first-order valence-corrected chi connectivity index (χ1v) is 7.69. The molecule has 0 saturated heterocycles. The van der Waals surface area contributed by atoms with Crippen molar-refractivity contribution >= 4 is 15.9 Å². The average Bonchev–Trinajstić information content (AvgIpc) is 2.40. The Kier molecular flexibility index (Phi) is 4.66. The molecule has 1 unspecified atom stereocenters. The van der Waals surface area contributed by atoms with Crippen LogP contribution in [0.1, 0.15) is 43.6 Å². The highest BCUT2D eigenvalue weighted by molar-refractivity contribution is 9.10. The number of aliphatic hydroxyl groups is 1. The molecule has 0 aliphatic rings. The van der Waals surface area contributed by atoms with E-state index in [0.29, 0.717) is 6.42 Å². The van der Waals surface area contributed by atoms with Crippen LogP contribution in [0.25, 0.3) is 0 Å². The molecule has 0 spiro atoms. The topological polar surface area (TPSA) is 20.2 Å². The summed E-state index contributed by atoms with van der Waals surface area (Å²) in [5, 5.41) is 10.4. The van der Waals surface area contributed by atoms with Gasteiger partial charge in [-0.15, -0.1) is 0 Å². The molecule has 20 heavy (non-hydrogen) atoms. The van der Waals surface area contributed by atoms with E-state index in [2.05, 4.69) is 48.8 Å². The molecule has 0 aliphatic carbocycles. The third-order valence-corrected chi connectivity index (χ3v) is 4.31. The SMILES string of the molecule is CC(C)(C)c1ccc(C(O)Cc2ccccc2Br)cc1. The highest BCUT2D eigenvalue weighted by atomic mass is 79.9. The molecule has 106 valence electrons. The smallest absolute Gasteiger partial charge is 0.0830 e. The van der Waals surface area contributed by atoms with Crippen molar-refractivity contribution in [1.29, 1.82) is 0 Å². The average molecular weight is 333 g/mol. The maximum absolute atomic E-state index is 10.4. The van der Waals surface area contributed by atoms with Crippen LogP contribution in [0.15, 0.2) is 53.0 Å². The fourth-order valence-electron chi connectivity index (χ4n) is 2.20. The van der Waals surface area contributed by atoms with E-state index in [9.17, 15) is 5.11 Å². The van der Waals surface area contributed by atoms with E-state index < -0.39 is 6.10 Å². The van der Waals surface area contributed by atoms with Crippen LogP contribution in [0.5, 0.6) is 0 Å². The normalized spacial score (nSPS) is 13.2. The Balaban J connectivity index is 2.14. The van der Waals surface area contributed by atoms with Gasteiger partial charge in [0.2, 0.25) is 0 Å². The lowest BCUT2D eigenvalue weighted by Gasteiger charge is -2.20. The highest BCUT2D eigenvalue weighted by Crippen LogP contribution is 2.27. The van der Waals surface area contributed by atoms with Crippen molar-refractivity contribution in [2.45, 2.75) is 38.7 Å². The standard InChI is InChI=1S/C18H21BrO/c1-18(2,3)15-10-8-13(9-11-15)17(20)12-14-6-4-5-7-16(14)19/h4-11,17,20H,12H2,1-3H3. The third kappa shape index (κ3) is 3.71. The molecule has 0 radical (unpaired) electrons. The number of benzene rings is 2. The van der Waals surface area contributed by atoms with Crippen LogP contribution in [0, 0.1) is 0 Å². The molecule has 0 bridgehead atoms. The van der Waals surface area contributed by atoms with Crippen molar-refractivity contribution < 1.29 is 5.11 Å². The first kappa shape index (κ1) is 15.3. The van der Waals surface area contributed by atoms with Gasteiger partial charge in [-0.3, -0.25) is 0 Å². The minimum absolute atomic E-state index is 0.145. The number of aliphatic hydroxyl groups excluding tert-OH is 1. The van der Waals surface area contributed by atoms with E-state index in [1.54, 1.807) is 0 Å². The van der Waals surface area contributed by atoms with E-state index in [-0.39, 0.29) is 5.41 Å². The molecule has 0 aliphatic heterocycles. The molecule has 2 aromatic rings. The molecule has 0 saturated carbocycles. The molecule has 0 aromatic heterocycles. The fourth-order valence-corrected chi connectivity index (χ4v) is 2.64. The van der Waals surface area contributed by atoms with Crippen molar-refractivity contribution in [3.63, 3.8) is 0 Å². The van der Waals surface area contributed by atoms with Gasteiger partial charge in [-0.1, -0.05) is 79.2 Å². The summed E-state index contributed by atoms with van der Waals surface area (Å²) in [6, 6.07) is 16.3. The quantitative estimate of drug-likeness (QED) is 0.836. The Morgan fingerprint density at radius 3 is 2.15 bits per heavy atom.